The van der Waals surface area contributed by atoms with Gasteiger partial charge in [0.2, 0.25) is 5.78 Å². The van der Waals surface area contributed by atoms with Gasteiger partial charge in [0.15, 0.2) is 5.82 Å². The molecule has 3 aromatic rings. The summed E-state index contributed by atoms with van der Waals surface area (Å²) in [5.74, 6) is 1.07. The molecule has 0 spiro atoms. The van der Waals surface area contributed by atoms with Gasteiger partial charge in [-0.3, -0.25) is 4.57 Å². The molecular formula is C13H13BrFN5. The third kappa shape index (κ3) is 2.03. The van der Waals surface area contributed by atoms with Gasteiger partial charge in [0.1, 0.15) is 10.4 Å². The van der Waals surface area contributed by atoms with Crippen molar-refractivity contribution in [3.8, 4) is 11.4 Å². The van der Waals surface area contributed by atoms with Crippen LogP contribution in [0.2, 0.25) is 0 Å². The van der Waals surface area contributed by atoms with Crippen LogP contribution in [-0.4, -0.2) is 25.7 Å². The number of aryl methyl sites for hydroxylation is 1. The van der Waals surface area contributed by atoms with E-state index in [4.69, 9.17) is 5.73 Å². The minimum atomic E-state index is -0.286. The highest BCUT2D eigenvalue weighted by Crippen LogP contribution is 2.24. The van der Waals surface area contributed by atoms with Crippen LogP contribution in [0.3, 0.4) is 0 Å². The minimum Gasteiger partial charge on any atom is -0.330 e. The van der Waals surface area contributed by atoms with E-state index in [0.717, 1.165) is 10.3 Å². The molecule has 0 aliphatic rings. The third-order valence-electron chi connectivity index (χ3n) is 3.12. The van der Waals surface area contributed by atoms with Crippen LogP contribution in [0, 0.1) is 5.82 Å². The number of nitrogens with two attached hydrogens (primary N) is 1. The van der Waals surface area contributed by atoms with Crippen LogP contribution in [0.25, 0.3) is 17.2 Å². The summed E-state index contributed by atoms with van der Waals surface area (Å²) in [4.78, 5) is 4.51. The van der Waals surface area contributed by atoms with E-state index in [0.29, 0.717) is 30.1 Å². The molecule has 0 radical (unpaired) electrons. The van der Waals surface area contributed by atoms with Crippen molar-refractivity contribution >= 4 is 21.7 Å². The molecule has 7 heteroatoms. The number of nitrogens with zero attached hydrogens (tertiary/aromatic N) is 4. The summed E-state index contributed by atoms with van der Waals surface area (Å²) in [6, 6.07) is 6.35. The average Bonchev–Trinajstić information content (AvgIpc) is 2.90. The Bertz CT molecular complexity index is 777. The Balaban J connectivity index is 2.17. The predicted octanol–water partition coefficient (Wildman–Crippen LogP) is 2.14. The molecule has 0 saturated heterocycles. The fourth-order valence-corrected chi connectivity index (χ4v) is 2.69. The first-order chi connectivity index (χ1) is 9.61. The summed E-state index contributed by atoms with van der Waals surface area (Å²) >= 11 is 3.48. The quantitative estimate of drug-likeness (QED) is 0.796. The lowest BCUT2D eigenvalue weighted by Gasteiger charge is -2.00. The maximum Gasteiger partial charge on any atom is 0.233 e. The van der Waals surface area contributed by atoms with Crippen molar-refractivity contribution in [2.75, 3.05) is 6.54 Å². The van der Waals surface area contributed by atoms with Crippen LogP contribution < -0.4 is 5.73 Å². The Morgan fingerprint density at radius 2 is 2.20 bits per heavy atom. The molecule has 20 heavy (non-hydrogen) atoms. The van der Waals surface area contributed by atoms with Gasteiger partial charge in [-0.1, -0.05) is 12.1 Å². The minimum absolute atomic E-state index is 0.286. The van der Waals surface area contributed by atoms with E-state index in [9.17, 15) is 4.39 Å². The van der Waals surface area contributed by atoms with Crippen molar-refractivity contribution < 1.29 is 4.39 Å². The molecule has 1 aromatic carbocycles. The topological polar surface area (TPSA) is 61.1 Å². The van der Waals surface area contributed by atoms with Crippen LogP contribution in [-0.2, 0) is 13.5 Å². The van der Waals surface area contributed by atoms with E-state index in [2.05, 4.69) is 26.0 Å². The zero-order valence-corrected chi connectivity index (χ0v) is 12.4. The molecule has 0 bridgehead atoms. The molecule has 0 aliphatic heterocycles. The standard InChI is InChI=1S/C13H13BrFN5/c1-19-12(8-3-2-4-9(15)7-8)18-20-11(14)10(5-6-16)17-13(19)20/h2-4,7H,5-6,16H2,1H3. The lowest BCUT2D eigenvalue weighted by molar-refractivity contribution is 0.628. The second-order valence-corrected chi connectivity index (χ2v) is 5.24. The molecule has 2 N–H and O–H groups in total. The summed E-state index contributed by atoms with van der Waals surface area (Å²) in [6.45, 7) is 0.527. The first kappa shape index (κ1) is 13.3. The highest BCUT2D eigenvalue weighted by atomic mass is 79.9. The number of halogens is 2. The third-order valence-corrected chi connectivity index (χ3v) is 3.92. The number of rotatable bonds is 3. The first-order valence-corrected chi connectivity index (χ1v) is 6.97. The van der Waals surface area contributed by atoms with E-state index in [-0.39, 0.29) is 5.82 Å². The molecule has 0 unspecified atom stereocenters. The van der Waals surface area contributed by atoms with E-state index in [1.165, 1.54) is 12.1 Å². The molecule has 3 rings (SSSR count). The summed E-state index contributed by atoms with van der Waals surface area (Å²) in [5.41, 5.74) is 7.14. The second-order valence-electron chi connectivity index (χ2n) is 4.49. The summed E-state index contributed by atoms with van der Waals surface area (Å²) in [7, 11) is 1.86. The Labute approximate surface area is 123 Å². The average molecular weight is 338 g/mol. The van der Waals surface area contributed by atoms with Crippen LogP contribution in [0.5, 0.6) is 0 Å². The van der Waals surface area contributed by atoms with E-state index < -0.39 is 0 Å². The molecule has 5 nitrogen and oxygen atoms in total. The van der Waals surface area contributed by atoms with Gasteiger partial charge in [-0.05, 0) is 34.6 Å². The Morgan fingerprint density at radius 1 is 1.40 bits per heavy atom. The molecule has 104 valence electrons. The largest absolute Gasteiger partial charge is 0.330 e. The number of hydrogen-bond donors (Lipinski definition) is 1. The van der Waals surface area contributed by atoms with E-state index in [1.807, 2.05) is 17.7 Å². The summed E-state index contributed by atoms with van der Waals surface area (Å²) < 4.78 is 17.6. The summed E-state index contributed by atoms with van der Waals surface area (Å²) in [5, 5.41) is 4.49. The molecular weight excluding hydrogens is 325 g/mol. The second kappa shape index (κ2) is 4.99. The van der Waals surface area contributed by atoms with Crippen LogP contribution in [0.4, 0.5) is 4.39 Å². The number of imidazole rings is 1. The zero-order valence-electron chi connectivity index (χ0n) is 10.8. The lowest BCUT2D eigenvalue weighted by atomic mass is 10.2. The molecule has 2 aromatic heterocycles. The maximum absolute atomic E-state index is 13.3. The number of benzene rings is 1. The molecule has 2 heterocycles. The van der Waals surface area contributed by atoms with Crippen molar-refractivity contribution in [3.63, 3.8) is 0 Å². The smallest absolute Gasteiger partial charge is 0.233 e. The molecule has 0 aliphatic carbocycles. The zero-order chi connectivity index (χ0) is 14.3. The molecule has 0 amide bonds. The van der Waals surface area contributed by atoms with E-state index in [1.54, 1.807) is 10.6 Å². The Hall–Kier alpha value is -1.73. The lowest BCUT2D eigenvalue weighted by Crippen LogP contribution is -2.04. The highest BCUT2D eigenvalue weighted by molar-refractivity contribution is 9.10. The van der Waals surface area contributed by atoms with E-state index >= 15 is 0 Å². The van der Waals surface area contributed by atoms with Crippen molar-refractivity contribution in [1.29, 1.82) is 0 Å². The monoisotopic (exact) mass is 337 g/mol. The number of aromatic nitrogens is 4. The Morgan fingerprint density at radius 3 is 2.85 bits per heavy atom. The fraction of sp³-hybridized carbons (Fsp3) is 0.231. The van der Waals surface area contributed by atoms with Gasteiger partial charge < -0.3 is 5.73 Å². The highest BCUT2D eigenvalue weighted by Gasteiger charge is 2.17. The fourth-order valence-electron chi connectivity index (χ4n) is 2.16. The summed E-state index contributed by atoms with van der Waals surface area (Å²) in [6.07, 6.45) is 0.680. The first-order valence-electron chi connectivity index (χ1n) is 6.17. The van der Waals surface area contributed by atoms with Gasteiger partial charge in [-0.15, -0.1) is 5.10 Å². The van der Waals surface area contributed by atoms with Crippen molar-refractivity contribution in [2.45, 2.75) is 6.42 Å². The normalized spacial score (nSPS) is 11.4. The molecule has 0 saturated carbocycles. The Kier molecular flexibility index (Phi) is 3.31. The van der Waals surface area contributed by atoms with Crippen LogP contribution in [0.15, 0.2) is 28.9 Å². The van der Waals surface area contributed by atoms with Gasteiger partial charge in [-0.2, -0.15) is 4.52 Å². The van der Waals surface area contributed by atoms with Crippen molar-refractivity contribution in [2.24, 2.45) is 12.8 Å². The van der Waals surface area contributed by atoms with Crippen molar-refractivity contribution in [3.05, 3.63) is 40.4 Å². The van der Waals surface area contributed by atoms with Crippen LogP contribution >= 0.6 is 15.9 Å². The molecule has 0 fully saturated rings. The molecule has 0 atom stereocenters. The van der Waals surface area contributed by atoms with Crippen molar-refractivity contribution in [1.82, 2.24) is 19.2 Å². The number of fused-ring (bicyclic) bond motifs is 1. The van der Waals surface area contributed by atoms with Gasteiger partial charge in [0.25, 0.3) is 0 Å². The van der Waals surface area contributed by atoms with Gasteiger partial charge in [0, 0.05) is 19.0 Å². The van der Waals surface area contributed by atoms with Gasteiger partial charge in [-0.25, -0.2) is 9.37 Å². The predicted molar refractivity (Wildman–Crippen MR) is 77.8 cm³/mol. The number of hydrogen-bond acceptors (Lipinski definition) is 3. The van der Waals surface area contributed by atoms with Gasteiger partial charge >= 0.3 is 0 Å². The van der Waals surface area contributed by atoms with Gasteiger partial charge in [0.05, 0.1) is 5.69 Å². The van der Waals surface area contributed by atoms with Crippen LogP contribution in [0.1, 0.15) is 5.69 Å². The maximum atomic E-state index is 13.3. The SMILES string of the molecule is Cn1c(-c2cccc(F)c2)nn2c(Br)c(CCN)nc12.